The molecule has 1 aromatic carbocycles. The molecule has 6 heteroatoms. The fourth-order valence-electron chi connectivity index (χ4n) is 1.44. The maximum Gasteiger partial charge on any atom is 0.411 e. The Labute approximate surface area is 109 Å². The lowest BCUT2D eigenvalue weighted by Crippen LogP contribution is -2.25. The summed E-state index contributed by atoms with van der Waals surface area (Å²) in [6.45, 7) is 0.732. The molecule has 106 valence electrons. The summed E-state index contributed by atoms with van der Waals surface area (Å²) >= 11 is 0. The number of halogens is 3. The zero-order valence-electron chi connectivity index (χ0n) is 10.6. The summed E-state index contributed by atoms with van der Waals surface area (Å²) in [6, 6.07) is 7.57. The lowest BCUT2D eigenvalue weighted by molar-refractivity contribution is -0.174. The van der Waals surface area contributed by atoms with Gasteiger partial charge in [-0.25, -0.2) is 0 Å². The van der Waals surface area contributed by atoms with E-state index in [9.17, 15) is 18.0 Å². The molecule has 0 aliphatic carbocycles. The maximum absolute atomic E-state index is 11.8. The molecule has 0 aromatic heterocycles. The van der Waals surface area contributed by atoms with E-state index in [0.29, 0.717) is 6.54 Å². The molecule has 0 fully saturated rings. The number of carbonyl (C=O) groups excluding carboxylic acids is 1. The van der Waals surface area contributed by atoms with Gasteiger partial charge in [0.05, 0.1) is 6.61 Å². The van der Waals surface area contributed by atoms with Gasteiger partial charge in [0, 0.05) is 13.0 Å². The zero-order chi connectivity index (χ0) is 14.3. The van der Waals surface area contributed by atoms with E-state index >= 15 is 0 Å². The minimum atomic E-state index is -4.35. The Balaban J connectivity index is 2.20. The molecule has 0 aliphatic heterocycles. The lowest BCUT2D eigenvalue weighted by atomic mass is 10.1. The third-order valence-corrected chi connectivity index (χ3v) is 2.48. The van der Waals surface area contributed by atoms with E-state index in [2.05, 4.69) is 10.1 Å². The molecule has 0 saturated heterocycles. The number of carbonyl (C=O) groups is 1. The summed E-state index contributed by atoms with van der Waals surface area (Å²) < 4.78 is 39.7. The van der Waals surface area contributed by atoms with Crippen LogP contribution in [0.4, 0.5) is 13.2 Å². The molecular weight excluding hydrogens is 259 g/mol. The monoisotopic (exact) mass is 275 g/mol. The highest BCUT2D eigenvalue weighted by Crippen LogP contribution is 2.14. The van der Waals surface area contributed by atoms with Gasteiger partial charge in [-0.1, -0.05) is 24.3 Å². The Morgan fingerprint density at radius 3 is 2.63 bits per heavy atom. The number of ether oxygens (including phenoxy) is 1. The van der Waals surface area contributed by atoms with Crippen LogP contribution in [0.5, 0.6) is 0 Å². The second-order valence-electron chi connectivity index (χ2n) is 4.12. The fourth-order valence-corrected chi connectivity index (χ4v) is 1.44. The normalized spacial score (nSPS) is 11.4. The van der Waals surface area contributed by atoms with Crippen LogP contribution in [0.15, 0.2) is 24.3 Å². The van der Waals surface area contributed by atoms with Gasteiger partial charge in [0.15, 0.2) is 0 Å². The zero-order valence-corrected chi connectivity index (χ0v) is 10.6. The highest BCUT2D eigenvalue weighted by Gasteiger charge is 2.27. The van der Waals surface area contributed by atoms with Crippen LogP contribution in [0.3, 0.4) is 0 Å². The van der Waals surface area contributed by atoms with Crippen molar-refractivity contribution in [1.29, 1.82) is 0 Å². The van der Waals surface area contributed by atoms with Crippen LogP contribution < -0.4 is 5.32 Å². The third-order valence-electron chi connectivity index (χ3n) is 2.48. The van der Waals surface area contributed by atoms with Crippen LogP contribution in [-0.4, -0.2) is 25.3 Å². The second-order valence-corrected chi connectivity index (χ2v) is 4.12. The van der Waals surface area contributed by atoms with Crippen molar-refractivity contribution in [3.05, 3.63) is 35.4 Å². The number of nitrogens with one attached hydrogen (secondary N) is 1. The number of alkyl halides is 3. The van der Waals surface area contributed by atoms with Gasteiger partial charge in [0.25, 0.3) is 0 Å². The van der Waals surface area contributed by atoms with Gasteiger partial charge < -0.3 is 10.1 Å². The molecule has 0 spiro atoms. The molecule has 3 nitrogen and oxygen atoms in total. The summed E-state index contributed by atoms with van der Waals surface area (Å²) in [7, 11) is 0. The first-order valence-corrected chi connectivity index (χ1v) is 5.84. The quantitative estimate of drug-likeness (QED) is 0.810. The van der Waals surface area contributed by atoms with Gasteiger partial charge in [0.2, 0.25) is 5.91 Å². The van der Waals surface area contributed by atoms with Crippen molar-refractivity contribution < 1.29 is 22.7 Å². The Hall–Kier alpha value is -1.56. The first-order chi connectivity index (χ1) is 8.88. The molecule has 1 aromatic rings. The molecule has 0 aliphatic rings. The Bertz CT molecular complexity index is 419. The number of hydrogen-bond acceptors (Lipinski definition) is 2. The molecule has 1 rings (SSSR count). The van der Waals surface area contributed by atoms with E-state index in [4.69, 9.17) is 0 Å². The van der Waals surface area contributed by atoms with E-state index < -0.39 is 12.8 Å². The maximum atomic E-state index is 11.8. The molecule has 0 atom stereocenters. The van der Waals surface area contributed by atoms with Gasteiger partial charge in [-0.2, -0.15) is 13.2 Å². The predicted octanol–water partition coefficient (Wildman–Crippen LogP) is 2.58. The van der Waals surface area contributed by atoms with Crippen LogP contribution in [0.25, 0.3) is 0 Å². The Morgan fingerprint density at radius 1 is 1.32 bits per heavy atom. The topological polar surface area (TPSA) is 38.3 Å². The number of hydrogen-bond donors (Lipinski definition) is 1. The first kappa shape index (κ1) is 15.5. The number of aryl methyl sites for hydroxylation is 1. The van der Waals surface area contributed by atoms with Crippen LogP contribution >= 0.6 is 0 Å². The number of rotatable bonds is 6. The molecule has 0 bridgehead atoms. The van der Waals surface area contributed by atoms with Crippen LogP contribution in [0.1, 0.15) is 17.5 Å². The van der Waals surface area contributed by atoms with Gasteiger partial charge >= 0.3 is 6.18 Å². The average Bonchev–Trinajstić information content (AvgIpc) is 2.32. The lowest BCUT2D eigenvalue weighted by Gasteiger charge is -2.09. The summed E-state index contributed by atoms with van der Waals surface area (Å²) in [5.74, 6) is -0.328. The van der Waals surface area contributed by atoms with Crippen molar-refractivity contribution in [2.45, 2.75) is 26.1 Å². The average molecular weight is 275 g/mol. The summed E-state index contributed by atoms with van der Waals surface area (Å²) in [5, 5.41) is 2.64. The molecule has 19 heavy (non-hydrogen) atoms. The van der Waals surface area contributed by atoms with Crippen molar-refractivity contribution in [3.8, 4) is 0 Å². The van der Waals surface area contributed by atoms with Crippen LogP contribution in [-0.2, 0) is 16.1 Å². The van der Waals surface area contributed by atoms with E-state index in [1.165, 1.54) is 0 Å². The van der Waals surface area contributed by atoms with Crippen molar-refractivity contribution in [2.75, 3.05) is 13.2 Å². The third kappa shape index (κ3) is 6.81. The Morgan fingerprint density at radius 2 is 2.00 bits per heavy atom. The largest absolute Gasteiger partial charge is 0.411 e. The fraction of sp³-hybridized carbons (Fsp3) is 0.462. The minimum Gasteiger partial charge on any atom is -0.372 e. The Kier molecular flexibility index (Phi) is 5.82. The van der Waals surface area contributed by atoms with Gasteiger partial charge in [-0.3, -0.25) is 4.79 Å². The van der Waals surface area contributed by atoms with Crippen molar-refractivity contribution in [1.82, 2.24) is 5.32 Å². The molecule has 0 unspecified atom stereocenters. The summed E-state index contributed by atoms with van der Waals surface area (Å²) in [5.41, 5.74) is 2.03. The standard InChI is InChI=1S/C13H16F3NO2/c1-10-4-2-3-5-11(10)8-17-12(18)6-7-19-9-13(14,15)16/h2-5H,6-9H2,1H3,(H,17,18). The van der Waals surface area contributed by atoms with E-state index in [1.807, 2.05) is 31.2 Å². The van der Waals surface area contributed by atoms with Gasteiger partial charge in [0.1, 0.15) is 6.61 Å². The van der Waals surface area contributed by atoms with E-state index in [0.717, 1.165) is 11.1 Å². The summed E-state index contributed by atoms with van der Waals surface area (Å²) in [6.07, 6.45) is -4.43. The number of benzene rings is 1. The molecule has 0 saturated carbocycles. The van der Waals surface area contributed by atoms with E-state index in [-0.39, 0.29) is 18.9 Å². The highest BCUT2D eigenvalue weighted by atomic mass is 19.4. The molecule has 0 radical (unpaired) electrons. The van der Waals surface area contributed by atoms with Crippen LogP contribution in [0, 0.1) is 6.92 Å². The number of amides is 1. The van der Waals surface area contributed by atoms with Gasteiger partial charge in [-0.05, 0) is 18.1 Å². The van der Waals surface area contributed by atoms with Crippen molar-refractivity contribution in [2.24, 2.45) is 0 Å². The smallest absolute Gasteiger partial charge is 0.372 e. The van der Waals surface area contributed by atoms with Crippen LogP contribution in [0.2, 0.25) is 0 Å². The molecule has 0 heterocycles. The molecule has 1 N–H and O–H groups in total. The first-order valence-electron chi connectivity index (χ1n) is 5.84. The SMILES string of the molecule is Cc1ccccc1CNC(=O)CCOCC(F)(F)F. The van der Waals surface area contributed by atoms with Crippen molar-refractivity contribution in [3.63, 3.8) is 0 Å². The minimum absolute atomic E-state index is 0.0814. The van der Waals surface area contributed by atoms with E-state index in [1.54, 1.807) is 0 Å². The predicted molar refractivity (Wildman–Crippen MR) is 64.5 cm³/mol. The second kappa shape index (κ2) is 7.13. The highest BCUT2D eigenvalue weighted by molar-refractivity contribution is 5.75. The molecular formula is C13H16F3NO2. The summed E-state index contributed by atoms with van der Waals surface area (Å²) in [4.78, 5) is 11.4. The van der Waals surface area contributed by atoms with Gasteiger partial charge in [-0.15, -0.1) is 0 Å². The molecule has 1 amide bonds. The van der Waals surface area contributed by atoms with Crippen molar-refractivity contribution >= 4 is 5.91 Å².